The number of nitrogens with zero attached hydrogens (tertiary/aromatic N) is 1. The first-order valence-corrected chi connectivity index (χ1v) is 10.4. The second-order valence-corrected chi connectivity index (χ2v) is 7.81. The summed E-state index contributed by atoms with van der Waals surface area (Å²) in [6.45, 7) is 0.815. The van der Waals surface area contributed by atoms with Crippen molar-refractivity contribution in [1.82, 2.24) is 4.98 Å². The molecule has 0 radical (unpaired) electrons. The maximum absolute atomic E-state index is 12.3. The minimum atomic E-state index is -0.0526. The summed E-state index contributed by atoms with van der Waals surface area (Å²) in [5, 5.41) is 4.47. The Morgan fingerprint density at radius 1 is 1.14 bits per heavy atom. The number of para-hydroxylation sites is 2. The molecule has 1 aromatic heterocycles. The van der Waals surface area contributed by atoms with Crippen molar-refractivity contribution in [3.63, 3.8) is 0 Å². The Labute approximate surface area is 173 Å². The average molecular weight is 419 g/mol. The van der Waals surface area contributed by atoms with Crippen molar-refractivity contribution >= 4 is 44.7 Å². The minimum absolute atomic E-state index is 0.0526. The first kappa shape index (κ1) is 20.6. The monoisotopic (exact) mass is 418 g/mol. The van der Waals surface area contributed by atoms with Crippen LogP contribution in [0.5, 0.6) is 5.75 Å². The number of methoxy groups -OCH3 is 1. The van der Waals surface area contributed by atoms with Gasteiger partial charge in [0.25, 0.3) is 0 Å². The molecule has 0 spiro atoms. The van der Waals surface area contributed by atoms with Crippen LogP contribution in [0, 0.1) is 0 Å². The van der Waals surface area contributed by atoms with Crippen LogP contribution in [-0.2, 0) is 16.0 Å². The van der Waals surface area contributed by atoms with Gasteiger partial charge in [-0.25, -0.2) is 4.98 Å². The molecule has 0 atom stereocenters. The van der Waals surface area contributed by atoms with Crippen molar-refractivity contribution in [3.8, 4) is 5.75 Å². The molecule has 1 N–H and O–H groups in total. The topological polar surface area (TPSA) is 60.5 Å². The van der Waals surface area contributed by atoms with E-state index in [1.54, 1.807) is 36.6 Å². The predicted octanol–water partition coefficient (Wildman–Crippen LogP) is 5.33. The Morgan fingerprint density at radius 3 is 2.82 bits per heavy atom. The van der Waals surface area contributed by atoms with E-state index in [9.17, 15) is 4.79 Å². The van der Waals surface area contributed by atoms with Gasteiger partial charge in [-0.05, 0) is 43.5 Å². The molecule has 1 amide bonds. The molecule has 1 heterocycles. The molecule has 3 rings (SSSR count). The predicted molar refractivity (Wildman–Crippen MR) is 115 cm³/mol. The standard InChI is InChI=1S/C21H23ClN2O3S/c1-26-13-14-27-21-15(22)7-6-9-17(21)23-19(25)11-4-5-12-20-24-16-8-2-3-10-18(16)28-20/h2-3,6-10H,4-5,11-14H2,1H3,(H,23,25). The van der Waals surface area contributed by atoms with E-state index in [2.05, 4.69) is 16.4 Å². The van der Waals surface area contributed by atoms with Crippen molar-refractivity contribution in [1.29, 1.82) is 0 Å². The number of nitrogens with one attached hydrogen (secondary N) is 1. The molecule has 5 nitrogen and oxygen atoms in total. The molecule has 7 heteroatoms. The summed E-state index contributed by atoms with van der Waals surface area (Å²) >= 11 is 7.92. The fourth-order valence-electron chi connectivity index (χ4n) is 2.78. The van der Waals surface area contributed by atoms with Crippen LogP contribution in [0.15, 0.2) is 42.5 Å². The van der Waals surface area contributed by atoms with E-state index in [0.29, 0.717) is 36.1 Å². The fraction of sp³-hybridized carbons (Fsp3) is 0.333. The number of aryl methyl sites for hydroxylation is 1. The smallest absolute Gasteiger partial charge is 0.224 e. The number of aromatic nitrogens is 1. The number of unbranched alkanes of at least 4 members (excludes halogenated alkanes) is 1. The highest BCUT2D eigenvalue weighted by Gasteiger charge is 2.12. The third-order valence-electron chi connectivity index (χ3n) is 4.16. The largest absolute Gasteiger partial charge is 0.487 e. The molecular weight excluding hydrogens is 396 g/mol. The molecule has 0 aliphatic carbocycles. The van der Waals surface area contributed by atoms with E-state index < -0.39 is 0 Å². The number of thiazole rings is 1. The first-order chi connectivity index (χ1) is 13.7. The van der Waals surface area contributed by atoms with E-state index in [0.717, 1.165) is 29.8 Å². The third kappa shape index (κ3) is 5.67. The van der Waals surface area contributed by atoms with Gasteiger partial charge in [-0.2, -0.15) is 0 Å². The van der Waals surface area contributed by atoms with E-state index in [4.69, 9.17) is 21.1 Å². The van der Waals surface area contributed by atoms with Gasteiger partial charge in [0.1, 0.15) is 6.61 Å². The lowest BCUT2D eigenvalue weighted by atomic mass is 10.2. The van der Waals surface area contributed by atoms with Gasteiger partial charge in [-0.3, -0.25) is 4.79 Å². The number of carbonyl (C=O) groups excluding carboxylic acids is 1. The Hall–Kier alpha value is -2.15. The quantitative estimate of drug-likeness (QED) is 0.452. The number of amides is 1. The van der Waals surface area contributed by atoms with Crippen molar-refractivity contribution in [2.45, 2.75) is 25.7 Å². The highest BCUT2D eigenvalue weighted by molar-refractivity contribution is 7.18. The van der Waals surface area contributed by atoms with Crippen LogP contribution >= 0.6 is 22.9 Å². The second-order valence-electron chi connectivity index (χ2n) is 6.29. The zero-order valence-corrected chi connectivity index (χ0v) is 17.3. The van der Waals surface area contributed by atoms with Crippen LogP contribution in [0.3, 0.4) is 0 Å². The number of benzene rings is 2. The zero-order valence-electron chi connectivity index (χ0n) is 15.7. The molecular formula is C21H23ClN2O3S. The number of fused-ring (bicyclic) bond motifs is 1. The maximum atomic E-state index is 12.3. The lowest BCUT2D eigenvalue weighted by Crippen LogP contribution is -2.13. The summed E-state index contributed by atoms with van der Waals surface area (Å²) in [6.07, 6.45) is 3.03. The maximum Gasteiger partial charge on any atom is 0.224 e. The molecule has 3 aromatic rings. The van der Waals surface area contributed by atoms with Gasteiger partial charge in [-0.1, -0.05) is 29.8 Å². The molecule has 0 saturated heterocycles. The van der Waals surface area contributed by atoms with E-state index in [1.165, 1.54) is 4.70 Å². The van der Waals surface area contributed by atoms with Crippen LogP contribution in [0.2, 0.25) is 5.02 Å². The van der Waals surface area contributed by atoms with Gasteiger partial charge in [0.15, 0.2) is 5.75 Å². The van der Waals surface area contributed by atoms with Crippen molar-refractivity contribution in [3.05, 3.63) is 52.5 Å². The van der Waals surface area contributed by atoms with Gasteiger partial charge >= 0.3 is 0 Å². The van der Waals surface area contributed by atoms with Crippen LogP contribution in [0.4, 0.5) is 5.69 Å². The summed E-state index contributed by atoms with van der Waals surface area (Å²) in [7, 11) is 1.60. The van der Waals surface area contributed by atoms with Gasteiger partial charge in [0, 0.05) is 13.5 Å². The summed E-state index contributed by atoms with van der Waals surface area (Å²) in [5.41, 5.74) is 1.63. The lowest BCUT2D eigenvalue weighted by molar-refractivity contribution is -0.116. The number of anilines is 1. The van der Waals surface area contributed by atoms with Crippen molar-refractivity contribution in [2.24, 2.45) is 0 Å². The number of halogens is 1. The molecule has 0 bridgehead atoms. The fourth-order valence-corrected chi connectivity index (χ4v) is 4.02. The number of carbonyl (C=O) groups is 1. The summed E-state index contributed by atoms with van der Waals surface area (Å²) < 4.78 is 11.8. The van der Waals surface area contributed by atoms with Crippen molar-refractivity contribution < 1.29 is 14.3 Å². The Balaban J connectivity index is 1.47. The van der Waals surface area contributed by atoms with Crippen LogP contribution in [0.25, 0.3) is 10.2 Å². The first-order valence-electron chi connectivity index (χ1n) is 9.22. The molecule has 0 aliphatic heterocycles. The Kier molecular flexibility index (Phi) is 7.65. The molecule has 0 unspecified atom stereocenters. The third-order valence-corrected chi connectivity index (χ3v) is 5.55. The highest BCUT2D eigenvalue weighted by atomic mass is 35.5. The van der Waals surface area contributed by atoms with Gasteiger partial charge in [0.2, 0.25) is 5.91 Å². The van der Waals surface area contributed by atoms with E-state index >= 15 is 0 Å². The minimum Gasteiger partial charge on any atom is -0.487 e. The Bertz CT molecular complexity index is 896. The molecule has 28 heavy (non-hydrogen) atoms. The summed E-state index contributed by atoms with van der Waals surface area (Å²) in [6, 6.07) is 13.4. The number of hydrogen-bond acceptors (Lipinski definition) is 5. The number of rotatable bonds is 10. The van der Waals surface area contributed by atoms with Gasteiger partial charge in [-0.15, -0.1) is 11.3 Å². The van der Waals surface area contributed by atoms with Gasteiger partial charge in [0.05, 0.1) is 32.5 Å². The normalized spacial score (nSPS) is 10.9. The highest BCUT2D eigenvalue weighted by Crippen LogP contribution is 2.33. The lowest BCUT2D eigenvalue weighted by Gasteiger charge is -2.13. The SMILES string of the molecule is COCCOc1c(Cl)cccc1NC(=O)CCCCc1nc2ccccc2s1. The molecule has 0 saturated carbocycles. The molecule has 2 aromatic carbocycles. The van der Waals surface area contributed by atoms with Gasteiger partial charge < -0.3 is 14.8 Å². The summed E-state index contributed by atoms with van der Waals surface area (Å²) in [4.78, 5) is 16.9. The van der Waals surface area contributed by atoms with E-state index in [-0.39, 0.29) is 5.91 Å². The van der Waals surface area contributed by atoms with Crippen molar-refractivity contribution in [2.75, 3.05) is 25.6 Å². The number of hydrogen-bond donors (Lipinski definition) is 1. The Morgan fingerprint density at radius 2 is 2.00 bits per heavy atom. The number of ether oxygens (including phenoxy) is 2. The van der Waals surface area contributed by atoms with E-state index in [1.807, 2.05) is 18.2 Å². The molecule has 0 fully saturated rings. The zero-order chi connectivity index (χ0) is 19.8. The molecule has 148 valence electrons. The average Bonchev–Trinajstić information content (AvgIpc) is 3.10. The summed E-state index contributed by atoms with van der Waals surface area (Å²) in [5.74, 6) is 0.423. The second kappa shape index (κ2) is 10.4. The molecule has 0 aliphatic rings. The van der Waals surface area contributed by atoms with Crippen LogP contribution in [0.1, 0.15) is 24.3 Å². The van der Waals surface area contributed by atoms with Crippen LogP contribution < -0.4 is 10.1 Å². The van der Waals surface area contributed by atoms with Crippen LogP contribution in [-0.4, -0.2) is 31.2 Å².